The Morgan fingerprint density at radius 2 is 1.92 bits per heavy atom. The molecule has 0 aliphatic heterocycles. The van der Waals surface area contributed by atoms with Crippen molar-refractivity contribution in [1.29, 1.82) is 0 Å². The summed E-state index contributed by atoms with van der Waals surface area (Å²) >= 11 is 0. The van der Waals surface area contributed by atoms with E-state index < -0.39 is 0 Å². The third-order valence-corrected chi connectivity index (χ3v) is 5.06. The van der Waals surface area contributed by atoms with Crippen molar-refractivity contribution in [2.75, 3.05) is 34.3 Å². The lowest BCUT2D eigenvalue weighted by Crippen LogP contribution is -2.40. The zero-order valence-electron chi connectivity index (χ0n) is 17.0. The lowest BCUT2D eigenvalue weighted by atomic mass is 9.83. The monoisotopic (exact) mass is 358 g/mol. The van der Waals surface area contributed by atoms with E-state index in [1.807, 2.05) is 31.1 Å². The van der Waals surface area contributed by atoms with Crippen molar-refractivity contribution in [3.05, 3.63) is 46.8 Å². The summed E-state index contributed by atoms with van der Waals surface area (Å²) in [6.45, 7) is 6.75. The van der Waals surface area contributed by atoms with Crippen molar-refractivity contribution in [3.8, 4) is 0 Å². The first-order valence-corrected chi connectivity index (χ1v) is 9.83. The molecule has 1 aliphatic carbocycles. The number of fused-ring (bicyclic) bond motifs is 1. The van der Waals surface area contributed by atoms with Crippen LogP contribution in [0, 0.1) is 0 Å². The van der Waals surface area contributed by atoms with E-state index in [0.717, 1.165) is 31.5 Å². The van der Waals surface area contributed by atoms with E-state index >= 15 is 0 Å². The minimum absolute atomic E-state index is 0.0174. The highest BCUT2D eigenvalue weighted by atomic mass is 16.5. The molecule has 1 unspecified atom stereocenters. The first kappa shape index (κ1) is 20.5. The largest absolute Gasteiger partial charge is 0.491 e. The Hall–Kier alpha value is -1.81. The highest BCUT2D eigenvalue weighted by Gasteiger charge is 2.27. The van der Waals surface area contributed by atoms with Crippen LogP contribution in [0.5, 0.6) is 0 Å². The number of carbonyl (C=O) groups is 1. The second kappa shape index (κ2) is 9.77. The lowest BCUT2D eigenvalue weighted by Gasteiger charge is -2.35. The molecule has 4 heteroatoms. The van der Waals surface area contributed by atoms with Gasteiger partial charge in [-0.15, -0.1) is 0 Å². The minimum atomic E-state index is -0.0174. The fraction of sp³-hybridized carbons (Fsp3) is 0.591. The Balaban J connectivity index is 2.32. The summed E-state index contributed by atoms with van der Waals surface area (Å²) in [5.41, 5.74) is 3.34. The summed E-state index contributed by atoms with van der Waals surface area (Å²) < 4.78 is 5.38. The standard InChI is InChI=1S/C22H34N2O2/c1-6-13-24(14-7-2)18-12-11-17-9-8-10-19(20(17)15-18)22(25)21(26-5)16-23(3)4/h8-10,16,18H,6-7,11-15H2,1-5H3. The number of hydrogen-bond donors (Lipinski definition) is 0. The van der Waals surface area contributed by atoms with Gasteiger partial charge < -0.3 is 14.5 Å². The molecule has 1 aromatic carbocycles. The molecule has 0 radical (unpaired) electrons. The highest BCUT2D eigenvalue weighted by molar-refractivity contribution is 6.08. The van der Waals surface area contributed by atoms with Gasteiger partial charge in [-0.2, -0.15) is 0 Å². The van der Waals surface area contributed by atoms with Crippen LogP contribution < -0.4 is 0 Å². The average molecular weight is 359 g/mol. The second-order valence-corrected chi connectivity index (χ2v) is 7.37. The molecule has 4 nitrogen and oxygen atoms in total. The number of ether oxygens (including phenoxy) is 1. The van der Waals surface area contributed by atoms with Gasteiger partial charge in [-0.1, -0.05) is 32.0 Å². The van der Waals surface area contributed by atoms with Crippen molar-refractivity contribution < 1.29 is 9.53 Å². The molecule has 144 valence electrons. The fourth-order valence-electron chi connectivity index (χ4n) is 3.92. The number of rotatable bonds is 9. The number of allylic oxidation sites excluding steroid dienone is 1. The first-order chi connectivity index (χ1) is 12.5. The van der Waals surface area contributed by atoms with Gasteiger partial charge in [-0.3, -0.25) is 4.79 Å². The zero-order chi connectivity index (χ0) is 19.1. The number of benzene rings is 1. The molecular weight excluding hydrogens is 324 g/mol. The Labute approximate surface area is 158 Å². The molecule has 2 rings (SSSR count). The van der Waals surface area contributed by atoms with Crippen LogP contribution in [0.15, 0.2) is 30.2 Å². The molecule has 0 bridgehead atoms. The van der Waals surface area contributed by atoms with Gasteiger partial charge in [-0.05, 0) is 56.3 Å². The maximum atomic E-state index is 13.1. The van der Waals surface area contributed by atoms with Gasteiger partial charge in [0.05, 0.1) is 7.11 Å². The van der Waals surface area contributed by atoms with Crippen LogP contribution >= 0.6 is 0 Å². The van der Waals surface area contributed by atoms with Gasteiger partial charge in [0.1, 0.15) is 0 Å². The molecule has 0 aromatic heterocycles. The quantitative estimate of drug-likeness (QED) is 0.381. The van der Waals surface area contributed by atoms with Gasteiger partial charge in [0, 0.05) is 31.9 Å². The van der Waals surface area contributed by atoms with E-state index in [0.29, 0.717) is 11.8 Å². The number of methoxy groups -OCH3 is 1. The topological polar surface area (TPSA) is 32.8 Å². The van der Waals surface area contributed by atoms with Crippen LogP contribution in [-0.2, 0) is 17.6 Å². The van der Waals surface area contributed by atoms with E-state index in [-0.39, 0.29) is 5.78 Å². The van der Waals surface area contributed by atoms with Crippen LogP contribution in [-0.4, -0.2) is 55.9 Å². The van der Waals surface area contributed by atoms with Crippen molar-refractivity contribution >= 4 is 5.78 Å². The zero-order valence-corrected chi connectivity index (χ0v) is 17.0. The van der Waals surface area contributed by atoms with Crippen molar-refractivity contribution in [1.82, 2.24) is 9.80 Å². The van der Waals surface area contributed by atoms with Crippen LogP contribution in [0.1, 0.15) is 54.6 Å². The highest BCUT2D eigenvalue weighted by Crippen LogP contribution is 2.29. The molecule has 0 heterocycles. The van der Waals surface area contributed by atoms with E-state index in [2.05, 4.69) is 24.8 Å². The van der Waals surface area contributed by atoms with Crippen LogP contribution in [0.25, 0.3) is 0 Å². The first-order valence-electron chi connectivity index (χ1n) is 9.83. The predicted molar refractivity (Wildman–Crippen MR) is 108 cm³/mol. The molecule has 0 saturated carbocycles. The number of aryl methyl sites for hydroxylation is 1. The summed E-state index contributed by atoms with van der Waals surface area (Å²) in [7, 11) is 5.36. The Morgan fingerprint density at radius 1 is 1.23 bits per heavy atom. The van der Waals surface area contributed by atoms with Crippen LogP contribution in [0.4, 0.5) is 0 Å². The summed E-state index contributed by atoms with van der Waals surface area (Å²) in [4.78, 5) is 17.5. The molecule has 0 fully saturated rings. The van der Waals surface area contributed by atoms with Gasteiger partial charge >= 0.3 is 0 Å². The SMILES string of the molecule is CCCN(CCC)C1CCc2cccc(C(=O)C(=CN(C)C)OC)c2C1. The molecule has 26 heavy (non-hydrogen) atoms. The van der Waals surface area contributed by atoms with E-state index in [1.54, 1.807) is 13.3 Å². The maximum absolute atomic E-state index is 13.1. The fourth-order valence-corrected chi connectivity index (χ4v) is 3.92. The van der Waals surface area contributed by atoms with E-state index in [1.165, 1.54) is 30.4 Å². The van der Waals surface area contributed by atoms with Gasteiger partial charge in [-0.25, -0.2) is 0 Å². The van der Waals surface area contributed by atoms with Gasteiger partial charge in [0.2, 0.25) is 5.78 Å². The number of Topliss-reactive ketones (excluding diaryl/α,β-unsaturated/α-hetero) is 1. The Kier molecular flexibility index (Phi) is 7.70. The lowest BCUT2D eigenvalue weighted by molar-refractivity contribution is 0.0946. The third-order valence-electron chi connectivity index (χ3n) is 5.06. The van der Waals surface area contributed by atoms with Gasteiger partial charge in [0.15, 0.2) is 5.76 Å². The van der Waals surface area contributed by atoms with E-state index in [9.17, 15) is 4.79 Å². The molecule has 1 aromatic rings. The average Bonchev–Trinajstić information content (AvgIpc) is 2.64. The number of hydrogen-bond acceptors (Lipinski definition) is 4. The molecular formula is C22H34N2O2. The molecule has 1 atom stereocenters. The normalized spacial score (nSPS) is 17.2. The Bertz CT molecular complexity index is 631. The molecule has 0 amide bonds. The summed E-state index contributed by atoms with van der Waals surface area (Å²) in [5, 5.41) is 0. The smallest absolute Gasteiger partial charge is 0.229 e. The number of ketones is 1. The van der Waals surface area contributed by atoms with Crippen molar-refractivity contribution in [2.24, 2.45) is 0 Å². The van der Waals surface area contributed by atoms with Crippen LogP contribution in [0.2, 0.25) is 0 Å². The van der Waals surface area contributed by atoms with Crippen molar-refractivity contribution in [3.63, 3.8) is 0 Å². The minimum Gasteiger partial charge on any atom is -0.491 e. The third kappa shape index (κ3) is 4.88. The van der Waals surface area contributed by atoms with Crippen LogP contribution in [0.3, 0.4) is 0 Å². The van der Waals surface area contributed by atoms with Crippen molar-refractivity contribution in [2.45, 2.75) is 52.0 Å². The number of nitrogens with zero attached hydrogens (tertiary/aromatic N) is 2. The molecule has 1 aliphatic rings. The molecule has 0 spiro atoms. The second-order valence-electron chi connectivity index (χ2n) is 7.37. The molecule has 0 saturated heterocycles. The summed E-state index contributed by atoms with van der Waals surface area (Å²) in [6, 6.07) is 6.66. The number of carbonyl (C=O) groups excluding carboxylic acids is 1. The van der Waals surface area contributed by atoms with E-state index in [4.69, 9.17) is 4.74 Å². The summed E-state index contributed by atoms with van der Waals surface area (Å²) in [6.07, 6.45) is 7.27. The molecule has 0 N–H and O–H groups in total. The Morgan fingerprint density at radius 3 is 2.50 bits per heavy atom. The van der Waals surface area contributed by atoms with Gasteiger partial charge in [0.25, 0.3) is 0 Å². The summed E-state index contributed by atoms with van der Waals surface area (Å²) in [5.74, 6) is 0.376. The predicted octanol–water partition coefficient (Wildman–Crippen LogP) is 3.90. The maximum Gasteiger partial charge on any atom is 0.229 e.